The van der Waals surface area contributed by atoms with Gasteiger partial charge in [-0.3, -0.25) is 14.5 Å². The van der Waals surface area contributed by atoms with Gasteiger partial charge >= 0.3 is 5.97 Å². The van der Waals surface area contributed by atoms with Gasteiger partial charge in [0.15, 0.2) is 0 Å². The molecule has 5 nitrogen and oxygen atoms in total. The first-order valence-electron chi connectivity index (χ1n) is 8.34. The third-order valence-electron chi connectivity index (χ3n) is 5.01. The second kappa shape index (κ2) is 7.78. The van der Waals surface area contributed by atoms with Gasteiger partial charge in [0.25, 0.3) is 0 Å². The molecule has 0 radical (unpaired) electrons. The van der Waals surface area contributed by atoms with E-state index in [2.05, 4.69) is 17.1 Å². The zero-order valence-corrected chi connectivity index (χ0v) is 13.0. The highest BCUT2D eigenvalue weighted by Crippen LogP contribution is 2.30. The van der Waals surface area contributed by atoms with E-state index in [0.717, 1.165) is 25.9 Å². The Morgan fingerprint density at radius 2 is 1.71 bits per heavy atom. The van der Waals surface area contributed by atoms with Crippen molar-refractivity contribution in [3.05, 3.63) is 0 Å². The third kappa shape index (κ3) is 4.43. The fourth-order valence-corrected chi connectivity index (χ4v) is 3.61. The van der Waals surface area contributed by atoms with Crippen LogP contribution in [0.2, 0.25) is 0 Å². The number of likely N-dealkylation sites (tertiary alicyclic amines) is 1. The van der Waals surface area contributed by atoms with Crippen LogP contribution in [0.15, 0.2) is 0 Å². The number of carboxylic acid groups (broad SMARTS) is 1. The highest BCUT2D eigenvalue weighted by Gasteiger charge is 2.35. The fraction of sp³-hybridized carbons (Fsp3) is 0.875. The summed E-state index contributed by atoms with van der Waals surface area (Å²) in [5.74, 6) is -1.72. The molecular weight excluding hydrogens is 268 g/mol. The van der Waals surface area contributed by atoms with Crippen LogP contribution >= 0.6 is 0 Å². The van der Waals surface area contributed by atoms with Crippen LogP contribution in [-0.4, -0.2) is 47.6 Å². The number of nitrogens with zero attached hydrogens (tertiary/aromatic N) is 1. The lowest BCUT2D eigenvalue weighted by Crippen LogP contribution is -2.47. The number of hydrogen-bond acceptors (Lipinski definition) is 3. The van der Waals surface area contributed by atoms with Gasteiger partial charge in [-0.25, -0.2) is 0 Å². The molecule has 1 heterocycles. The predicted octanol–water partition coefficient (Wildman–Crippen LogP) is 1.87. The van der Waals surface area contributed by atoms with Gasteiger partial charge < -0.3 is 10.4 Å². The molecule has 3 atom stereocenters. The van der Waals surface area contributed by atoms with Crippen LogP contribution in [0.4, 0.5) is 0 Å². The highest BCUT2D eigenvalue weighted by atomic mass is 16.4. The summed E-state index contributed by atoms with van der Waals surface area (Å²) in [6.07, 6.45) is 7.01. The predicted molar refractivity (Wildman–Crippen MR) is 81.0 cm³/mol. The fourth-order valence-electron chi connectivity index (χ4n) is 3.61. The molecule has 1 aliphatic carbocycles. The molecule has 2 aliphatic rings. The van der Waals surface area contributed by atoms with Gasteiger partial charge in [-0.2, -0.15) is 0 Å². The summed E-state index contributed by atoms with van der Waals surface area (Å²) in [6, 6.07) is 0.334. The maximum atomic E-state index is 12.3. The maximum absolute atomic E-state index is 12.3. The van der Waals surface area contributed by atoms with Gasteiger partial charge in [0, 0.05) is 12.6 Å². The number of hydrogen-bond donors (Lipinski definition) is 2. The molecule has 1 saturated carbocycles. The topological polar surface area (TPSA) is 69.6 Å². The van der Waals surface area contributed by atoms with Gasteiger partial charge in [0.2, 0.25) is 5.91 Å². The summed E-state index contributed by atoms with van der Waals surface area (Å²) in [5, 5.41) is 12.2. The summed E-state index contributed by atoms with van der Waals surface area (Å²) in [6.45, 7) is 4.99. The number of rotatable bonds is 5. The van der Waals surface area contributed by atoms with Crippen molar-refractivity contribution < 1.29 is 14.7 Å². The normalized spacial score (nSPS) is 28.8. The van der Waals surface area contributed by atoms with Gasteiger partial charge in [-0.15, -0.1) is 0 Å². The Kier molecular flexibility index (Phi) is 6.03. The van der Waals surface area contributed by atoms with Crippen LogP contribution in [0, 0.1) is 11.8 Å². The Labute approximate surface area is 127 Å². The van der Waals surface area contributed by atoms with Crippen LogP contribution in [0.25, 0.3) is 0 Å². The van der Waals surface area contributed by atoms with E-state index < -0.39 is 11.9 Å². The number of carboxylic acids is 1. The monoisotopic (exact) mass is 296 g/mol. The first-order chi connectivity index (χ1) is 10.1. The average Bonchev–Trinajstić information content (AvgIpc) is 2.53. The number of nitrogens with one attached hydrogen (secondary N) is 1. The van der Waals surface area contributed by atoms with Gasteiger partial charge in [-0.05, 0) is 45.7 Å². The Morgan fingerprint density at radius 3 is 2.33 bits per heavy atom. The minimum absolute atomic E-state index is 0.0639. The molecule has 0 aromatic carbocycles. The SMILES string of the molecule is CC(CNC(=O)[C@@H]1CCCC[C@@H]1C(=O)O)N1CCCCC1. The standard InChI is InChI=1S/C16H28N2O3/c1-12(18-9-5-2-6-10-18)11-17-15(19)13-7-3-4-8-14(13)16(20)21/h12-14H,2-11H2,1H3,(H,17,19)(H,20,21)/t12?,13-,14+/m1/s1. The molecule has 5 heteroatoms. The Bertz CT molecular complexity index is 367. The number of piperidine rings is 1. The largest absolute Gasteiger partial charge is 0.481 e. The molecule has 0 aromatic rings. The van der Waals surface area contributed by atoms with E-state index in [1.165, 1.54) is 19.3 Å². The van der Waals surface area contributed by atoms with E-state index >= 15 is 0 Å². The van der Waals surface area contributed by atoms with Gasteiger partial charge in [0.1, 0.15) is 0 Å². The second-order valence-electron chi connectivity index (χ2n) is 6.53. The smallest absolute Gasteiger partial charge is 0.307 e. The number of amides is 1. The van der Waals surface area contributed by atoms with Crippen LogP contribution in [0.3, 0.4) is 0 Å². The summed E-state index contributed by atoms with van der Waals surface area (Å²) >= 11 is 0. The number of aliphatic carboxylic acids is 1. The number of carbonyl (C=O) groups is 2. The van der Waals surface area contributed by atoms with Crippen molar-refractivity contribution in [2.45, 2.75) is 57.9 Å². The van der Waals surface area contributed by atoms with Crippen molar-refractivity contribution in [2.24, 2.45) is 11.8 Å². The summed E-state index contributed by atoms with van der Waals surface area (Å²) in [7, 11) is 0. The molecule has 0 bridgehead atoms. The van der Waals surface area contributed by atoms with Gasteiger partial charge in [-0.1, -0.05) is 19.3 Å². The second-order valence-corrected chi connectivity index (χ2v) is 6.53. The summed E-state index contributed by atoms with van der Waals surface area (Å²) in [5.41, 5.74) is 0. The maximum Gasteiger partial charge on any atom is 0.307 e. The van der Waals surface area contributed by atoms with Crippen molar-refractivity contribution in [1.82, 2.24) is 10.2 Å². The molecule has 2 fully saturated rings. The van der Waals surface area contributed by atoms with Crippen molar-refractivity contribution in [3.63, 3.8) is 0 Å². The lowest BCUT2D eigenvalue weighted by atomic mass is 9.78. The molecule has 1 saturated heterocycles. The van der Waals surface area contributed by atoms with Crippen LogP contribution in [0.1, 0.15) is 51.9 Å². The molecule has 21 heavy (non-hydrogen) atoms. The quantitative estimate of drug-likeness (QED) is 0.812. The Morgan fingerprint density at radius 1 is 1.10 bits per heavy atom. The molecule has 120 valence electrons. The highest BCUT2D eigenvalue weighted by molar-refractivity contribution is 5.84. The molecule has 1 aliphatic heterocycles. The minimum atomic E-state index is -0.820. The number of carbonyl (C=O) groups excluding carboxylic acids is 1. The third-order valence-corrected chi connectivity index (χ3v) is 5.01. The zero-order valence-electron chi connectivity index (χ0n) is 13.0. The lowest BCUT2D eigenvalue weighted by molar-refractivity contribution is -0.149. The minimum Gasteiger partial charge on any atom is -0.481 e. The Hall–Kier alpha value is -1.10. The van der Waals surface area contributed by atoms with Gasteiger partial charge in [0.05, 0.1) is 11.8 Å². The van der Waals surface area contributed by atoms with Crippen LogP contribution in [-0.2, 0) is 9.59 Å². The average molecular weight is 296 g/mol. The first-order valence-corrected chi connectivity index (χ1v) is 8.34. The van der Waals surface area contributed by atoms with E-state index in [4.69, 9.17) is 0 Å². The van der Waals surface area contributed by atoms with Crippen LogP contribution in [0.5, 0.6) is 0 Å². The van der Waals surface area contributed by atoms with Crippen LogP contribution < -0.4 is 5.32 Å². The molecule has 0 spiro atoms. The molecule has 2 N–H and O–H groups in total. The molecule has 0 aromatic heterocycles. The van der Waals surface area contributed by atoms with E-state index in [1.54, 1.807) is 0 Å². The van der Waals surface area contributed by atoms with E-state index in [1.807, 2.05) is 0 Å². The summed E-state index contributed by atoms with van der Waals surface area (Å²) < 4.78 is 0. The zero-order chi connectivity index (χ0) is 15.2. The van der Waals surface area contributed by atoms with E-state index in [9.17, 15) is 14.7 Å². The molecular formula is C16H28N2O3. The van der Waals surface area contributed by atoms with Crippen molar-refractivity contribution in [2.75, 3.05) is 19.6 Å². The Balaban J connectivity index is 1.81. The van der Waals surface area contributed by atoms with E-state index in [-0.39, 0.29) is 11.8 Å². The van der Waals surface area contributed by atoms with Crippen molar-refractivity contribution in [3.8, 4) is 0 Å². The summed E-state index contributed by atoms with van der Waals surface area (Å²) in [4.78, 5) is 26.0. The van der Waals surface area contributed by atoms with Crippen molar-refractivity contribution >= 4 is 11.9 Å². The van der Waals surface area contributed by atoms with E-state index in [0.29, 0.717) is 25.4 Å². The first kappa shape index (κ1) is 16.3. The molecule has 1 amide bonds. The lowest BCUT2D eigenvalue weighted by Gasteiger charge is -2.33. The van der Waals surface area contributed by atoms with Crippen molar-refractivity contribution in [1.29, 1.82) is 0 Å². The molecule has 2 rings (SSSR count). The molecule has 1 unspecified atom stereocenters.